The van der Waals surface area contributed by atoms with Crippen molar-refractivity contribution in [3.8, 4) is 29.5 Å². The molecule has 26 heavy (non-hydrogen) atoms. The van der Waals surface area contributed by atoms with Crippen LogP contribution in [-0.4, -0.2) is 27.7 Å². The van der Waals surface area contributed by atoms with Crippen LogP contribution in [0.15, 0.2) is 41.6 Å². The molecule has 4 rings (SSSR count). The van der Waals surface area contributed by atoms with Crippen LogP contribution in [0.4, 0.5) is 5.69 Å². The molecule has 130 valence electrons. The Kier molecular flexibility index (Phi) is 3.98. The number of benzene rings is 2. The Hall–Kier alpha value is -3.10. The first-order chi connectivity index (χ1) is 12.7. The number of nitrogens with zero attached hydrogens (tertiary/aromatic N) is 3. The van der Waals surface area contributed by atoms with E-state index in [9.17, 15) is 10.0 Å². The third-order valence-corrected chi connectivity index (χ3v) is 5.23. The second-order valence-corrected chi connectivity index (χ2v) is 6.49. The van der Waals surface area contributed by atoms with Crippen molar-refractivity contribution in [1.82, 2.24) is 9.47 Å². The van der Waals surface area contributed by atoms with E-state index in [1.807, 2.05) is 24.3 Å². The number of fused-ring (bicyclic) bond motifs is 3. The van der Waals surface area contributed by atoms with Gasteiger partial charge >= 0.3 is 0 Å². The van der Waals surface area contributed by atoms with E-state index in [0.29, 0.717) is 10.9 Å². The van der Waals surface area contributed by atoms with E-state index in [-0.39, 0.29) is 11.6 Å². The van der Waals surface area contributed by atoms with Gasteiger partial charge in [-0.25, -0.2) is 4.57 Å². The maximum absolute atomic E-state index is 11.4. The zero-order chi connectivity index (χ0) is 18.3. The molecule has 2 aromatic carbocycles. The molecule has 0 bridgehead atoms. The lowest BCUT2D eigenvalue weighted by molar-refractivity contribution is 0.269. The van der Waals surface area contributed by atoms with Crippen LogP contribution in [0.25, 0.3) is 22.0 Å². The molecular weight excluding hydrogens is 326 g/mol. The molecule has 0 atom stereocenters. The highest BCUT2D eigenvalue weighted by molar-refractivity contribution is 6.01. The highest BCUT2D eigenvalue weighted by atomic mass is 16.3. The van der Waals surface area contributed by atoms with Gasteiger partial charge in [0.05, 0.1) is 5.52 Å². The van der Waals surface area contributed by atoms with Crippen molar-refractivity contribution in [3.63, 3.8) is 0 Å². The molecule has 1 aliphatic rings. The summed E-state index contributed by atoms with van der Waals surface area (Å²) in [6, 6.07) is 14.5. The summed E-state index contributed by atoms with van der Waals surface area (Å²) in [5.41, 5.74) is 5.17. The van der Waals surface area contributed by atoms with Gasteiger partial charge in [-0.15, -0.1) is 4.91 Å². The third kappa shape index (κ3) is 2.31. The molecule has 0 radical (unpaired) electrons. The van der Waals surface area contributed by atoms with Crippen LogP contribution in [0.3, 0.4) is 0 Å². The molecule has 0 aliphatic carbocycles. The first-order valence-electron chi connectivity index (χ1n) is 8.69. The Bertz CT molecular complexity index is 1050. The second kappa shape index (κ2) is 6.32. The zero-order valence-corrected chi connectivity index (χ0v) is 14.6. The molecule has 3 aromatic rings. The van der Waals surface area contributed by atoms with Crippen molar-refractivity contribution in [1.29, 1.82) is 0 Å². The van der Waals surface area contributed by atoms with Crippen LogP contribution in [0.1, 0.15) is 18.1 Å². The standard InChI is InChI=1S/C21H19N3O2/c1-3-23-11-10-15-16(14-8-6-5-7-9-14)12-17-19(22-26)21(25)24(4-2)20(17)18(15)13-23/h2,5-9,12,25H,3,10-11,13H2,1H3. The van der Waals surface area contributed by atoms with Gasteiger partial charge in [-0.05, 0) is 46.5 Å². The van der Waals surface area contributed by atoms with Crippen LogP contribution in [0.2, 0.25) is 0 Å². The Labute approximate surface area is 151 Å². The number of nitroso groups, excluding NO2 is 1. The molecule has 0 unspecified atom stereocenters. The van der Waals surface area contributed by atoms with Gasteiger partial charge in [-0.2, -0.15) is 0 Å². The van der Waals surface area contributed by atoms with Crippen molar-refractivity contribution in [2.75, 3.05) is 13.1 Å². The van der Waals surface area contributed by atoms with Crippen molar-refractivity contribution < 1.29 is 5.11 Å². The molecule has 1 aliphatic heterocycles. The predicted octanol–water partition coefficient (Wildman–Crippen LogP) is 4.23. The van der Waals surface area contributed by atoms with Crippen LogP contribution in [-0.2, 0) is 13.0 Å². The molecule has 0 saturated heterocycles. The number of aromatic nitrogens is 1. The van der Waals surface area contributed by atoms with E-state index in [0.717, 1.165) is 42.7 Å². The van der Waals surface area contributed by atoms with E-state index in [4.69, 9.17) is 6.42 Å². The fraction of sp³-hybridized carbons (Fsp3) is 0.238. The molecule has 0 saturated carbocycles. The minimum absolute atomic E-state index is 0.00607. The summed E-state index contributed by atoms with van der Waals surface area (Å²) < 4.78 is 1.35. The lowest BCUT2D eigenvalue weighted by atomic mass is 9.88. The van der Waals surface area contributed by atoms with Crippen molar-refractivity contribution >= 4 is 16.6 Å². The van der Waals surface area contributed by atoms with E-state index in [1.165, 1.54) is 10.1 Å². The summed E-state index contributed by atoms with van der Waals surface area (Å²) in [7, 11) is 0. The van der Waals surface area contributed by atoms with E-state index >= 15 is 0 Å². The molecule has 5 heteroatoms. The van der Waals surface area contributed by atoms with Gasteiger partial charge in [0, 0.05) is 24.5 Å². The first kappa shape index (κ1) is 16.4. The van der Waals surface area contributed by atoms with Crippen molar-refractivity contribution in [2.24, 2.45) is 5.18 Å². The van der Waals surface area contributed by atoms with Gasteiger partial charge < -0.3 is 5.11 Å². The summed E-state index contributed by atoms with van der Waals surface area (Å²) >= 11 is 0. The van der Waals surface area contributed by atoms with Crippen LogP contribution in [0, 0.1) is 17.4 Å². The maximum Gasteiger partial charge on any atom is 0.234 e. The Morgan fingerprint density at radius 2 is 2.04 bits per heavy atom. The number of rotatable bonds is 3. The molecule has 0 amide bonds. The highest BCUT2D eigenvalue weighted by Crippen LogP contribution is 2.44. The third-order valence-electron chi connectivity index (χ3n) is 5.23. The lowest BCUT2D eigenvalue weighted by Gasteiger charge is -2.30. The van der Waals surface area contributed by atoms with Crippen molar-refractivity contribution in [3.05, 3.63) is 52.4 Å². The monoisotopic (exact) mass is 345 g/mol. The average Bonchev–Trinajstić information content (AvgIpc) is 2.98. The van der Waals surface area contributed by atoms with Gasteiger partial charge in [0.15, 0.2) is 5.69 Å². The van der Waals surface area contributed by atoms with Crippen LogP contribution >= 0.6 is 0 Å². The lowest BCUT2D eigenvalue weighted by Crippen LogP contribution is -2.31. The topological polar surface area (TPSA) is 57.8 Å². The molecule has 2 heterocycles. The highest BCUT2D eigenvalue weighted by Gasteiger charge is 2.27. The summed E-state index contributed by atoms with van der Waals surface area (Å²) in [6.45, 7) is 4.75. The second-order valence-electron chi connectivity index (χ2n) is 6.49. The van der Waals surface area contributed by atoms with Crippen molar-refractivity contribution in [2.45, 2.75) is 19.9 Å². The minimum atomic E-state index is -0.265. The quantitative estimate of drug-likeness (QED) is 0.571. The minimum Gasteiger partial charge on any atom is -0.492 e. The number of terminal acetylenes is 1. The summed E-state index contributed by atoms with van der Waals surface area (Å²) in [6.07, 6.45) is 6.52. The van der Waals surface area contributed by atoms with Gasteiger partial charge in [0.25, 0.3) is 0 Å². The summed E-state index contributed by atoms with van der Waals surface area (Å²) in [5.74, 6) is -0.265. The SMILES string of the molecule is C#Cn1c(O)c(N=O)c2cc(-c3ccccc3)c3c(c21)CN(CC)CC3. The Morgan fingerprint density at radius 1 is 1.27 bits per heavy atom. The fourth-order valence-electron chi connectivity index (χ4n) is 3.93. The Morgan fingerprint density at radius 3 is 2.69 bits per heavy atom. The average molecular weight is 345 g/mol. The van der Waals surface area contributed by atoms with E-state index in [2.05, 4.69) is 35.2 Å². The molecule has 0 spiro atoms. The fourth-order valence-corrected chi connectivity index (χ4v) is 3.93. The van der Waals surface area contributed by atoms with Crippen LogP contribution in [0.5, 0.6) is 5.88 Å². The van der Waals surface area contributed by atoms with Gasteiger partial charge in [0.2, 0.25) is 5.88 Å². The van der Waals surface area contributed by atoms with Gasteiger partial charge in [0.1, 0.15) is 0 Å². The van der Waals surface area contributed by atoms with E-state index in [1.54, 1.807) is 0 Å². The maximum atomic E-state index is 11.4. The number of likely N-dealkylation sites (N-methyl/N-ethyl adjacent to an activating group) is 1. The van der Waals surface area contributed by atoms with Crippen LogP contribution < -0.4 is 0 Å². The number of hydrogen-bond acceptors (Lipinski definition) is 4. The smallest absolute Gasteiger partial charge is 0.234 e. The van der Waals surface area contributed by atoms with E-state index < -0.39 is 0 Å². The molecule has 5 nitrogen and oxygen atoms in total. The first-order valence-corrected chi connectivity index (χ1v) is 8.69. The number of aromatic hydroxyl groups is 1. The summed E-state index contributed by atoms with van der Waals surface area (Å²) in [4.78, 5) is 13.7. The molecule has 0 fully saturated rings. The largest absolute Gasteiger partial charge is 0.492 e. The van der Waals surface area contributed by atoms with Gasteiger partial charge in [-0.3, -0.25) is 4.90 Å². The summed E-state index contributed by atoms with van der Waals surface area (Å²) in [5, 5.41) is 14.1. The zero-order valence-electron chi connectivity index (χ0n) is 14.6. The normalized spacial score (nSPS) is 14.2. The number of hydrogen-bond donors (Lipinski definition) is 1. The Balaban J connectivity index is 2.12. The molecule has 1 N–H and O–H groups in total. The molecular formula is C21H19N3O2. The predicted molar refractivity (Wildman–Crippen MR) is 103 cm³/mol. The van der Waals surface area contributed by atoms with Gasteiger partial charge in [-0.1, -0.05) is 43.7 Å². The molecule has 1 aromatic heterocycles.